The van der Waals surface area contributed by atoms with Gasteiger partial charge in [0, 0.05) is 17.8 Å². The van der Waals surface area contributed by atoms with E-state index in [2.05, 4.69) is 4.98 Å². The third kappa shape index (κ3) is 3.68. The van der Waals surface area contributed by atoms with E-state index in [1.165, 1.54) is 12.1 Å². The predicted molar refractivity (Wildman–Crippen MR) is 73.2 cm³/mol. The van der Waals surface area contributed by atoms with Crippen LogP contribution in [0.15, 0.2) is 30.3 Å². The smallest absolute Gasteiger partial charge is 0.335 e. The van der Waals surface area contributed by atoms with Crippen LogP contribution in [0.3, 0.4) is 0 Å². The number of carboxylic acid groups (broad SMARTS) is 1. The highest BCUT2D eigenvalue weighted by Gasteiger charge is 2.10. The number of benzene rings is 1. The van der Waals surface area contributed by atoms with E-state index in [1.807, 2.05) is 6.92 Å². The van der Waals surface area contributed by atoms with Crippen LogP contribution in [0.1, 0.15) is 21.7 Å². The van der Waals surface area contributed by atoms with Crippen molar-refractivity contribution in [2.75, 3.05) is 7.11 Å². The SMILES string of the molecule is COc1cc(C)nc(COc2ccc(C(=O)O)cc2F)c1. The highest BCUT2D eigenvalue weighted by molar-refractivity contribution is 5.87. The summed E-state index contributed by atoms with van der Waals surface area (Å²) < 4.78 is 24.1. The van der Waals surface area contributed by atoms with Crippen LogP contribution in [0.2, 0.25) is 0 Å². The van der Waals surface area contributed by atoms with Gasteiger partial charge in [0.2, 0.25) is 0 Å². The van der Waals surface area contributed by atoms with Crippen LogP contribution >= 0.6 is 0 Å². The molecule has 0 radical (unpaired) electrons. The van der Waals surface area contributed by atoms with Crippen LogP contribution in [0.5, 0.6) is 11.5 Å². The molecule has 110 valence electrons. The Morgan fingerprint density at radius 1 is 1.33 bits per heavy atom. The van der Waals surface area contributed by atoms with Crippen LogP contribution in [0, 0.1) is 12.7 Å². The van der Waals surface area contributed by atoms with E-state index >= 15 is 0 Å². The second-order valence-corrected chi connectivity index (χ2v) is 4.38. The lowest BCUT2D eigenvalue weighted by Crippen LogP contribution is -2.03. The van der Waals surface area contributed by atoms with E-state index < -0.39 is 11.8 Å². The number of methoxy groups -OCH3 is 1. The molecule has 0 unspecified atom stereocenters. The van der Waals surface area contributed by atoms with Crippen molar-refractivity contribution < 1.29 is 23.8 Å². The van der Waals surface area contributed by atoms with Gasteiger partial charge in [-0.05, 0) is 25.1 Å². The Balaban J connectivity index is 2.13. The Bertz CT molecular complexity index is 673. The fourth-order valence-corrected chi connectivity index (χ4v) is 1.80. The van der Waals surface area contributed by atoms with Crippen molar-refractivity contribution in [2.45, 2.75) is 13.5 Å². The predicted octanol–water partition coefficient (Wildman–Crippen LogP) is 2.81. The number of pyridine rings is 1. The summed E-state index contributed by atoms with van der Waals surface area (Å²) in [7, 11) is 1.55. The maximum atomic E-state index is 13.7. The van der Waals surface area contributed by atoms with Gasteiger partial charge in [0.15, 0.2) is 11.6 Å². The number of halogens is 1. The van der Waals surface area contributed by atoms with Gasteiger partial charge in [-0.15, -0.1) is 0 Å². The normalized spacial score (nSPS) is 10.2. The molecule has 0 bridgehead atoms. The minimum Gasteiger partial charge on any atom is -0.497 e. The first-order chi connectivity index (χ1) is 9.99. The molecule has 1 aromatic carbocycles. The van der Waals surface area contributed by atoms with Gasteiger partial charge < -0.3 is 14.6 Å². The van der Waals surface area contributed by atoms with E-state index in [4.69, 9.17) is 14.6 Å². The Kier molecular flexibility index (Phi) is 4.37. The lowest BCUT2D eigenvalue weighted by molar-refractivity contribution is 0.0696. The van der Waals surface area contributed by atoms with Gasteiger partial charge in [-0.2, -0.15) is 0 Å². The largest absolute Gasteiger partial charge is 0.497 e. The number of hydrogen-bond acceptors (Lipinski definition) is 4. The molecule has 1 heterocycles. The molecule has 0 amide bonds. The van der Waals surface area contributed by atoms with Gasteiger partial charge in [-0.1, -0.05) is 0 Å². The number of rotatable bonds is 5. The minimum absolute atomic E-state index is 0.0257. The molecule has 21 heavy (non-hydrogen) atoms. The summed E-state index contributed by atoms with van der Waals surface area (Å²) >= 11 is 0. The first-order valence-electron chi connectivity index (χ1n) is 6.17. The van der Waals surface area contributed by atoms with Gasteiger partial charge in [0.1, 0.15) is 12.4 Å². The van der Waals surface area contributed by atoms with Crippen LogP contribution in [0.4, 0.5) is 4.39 Å². The van der Waals surface area contributed by atoms with E-state index in [9.17, 15) is 9.18 Å². The fraction of sp³-hybridized carbons (Fsp3) is 0.200. The zero-order valence-corrected chi connectivity index (χ0v) is 11.6. The van der Waals surface area contributed by atoms with Gasteiger partial charge in [-0.3, -0.25) is 4.98 Å². The maximum absolute atomic E-state index is 13.7. The third-order valence-corrected chi connectivity index (χ3v) is 2.77. The molecule has 2 aromatic rings. The average Bonchev–Trinajstić information content (AvgIpc) is 2.45. The number of ether oxygens (including phenoxy) is 2. The van der Waals surface area contributed by atoms with E-state index in [0.717, 1.165) is 11.8 Å². The molecule has 0 saturated carbocycles. The lowest BCUT2D eigenvalue weighted by Gasteiger charge is -2.09. The number of nitrogens with zero attached hydrogens (tertiary/aromatic N) is 1. The Morgan fingerprint density at radius 3 is 2.71 bits per heavy atom. The van der Waals surface area contributed by atoms with Gasteiger partial charge in [-0.25, -0.2) is 9.18 Å². The second-order valence-electron chi connectivity index (χ2n) is 4.38. The Hall–Kier alpha value is -2.63. The molecular formula is C15H14FNO4. The highest BCUT2D eigenvalue weighted by atomic mass is 19.1. The van der Waals surface area contributed by atoms with Crippen LogP contribution < -0.4 is 9.47 Å². The van der Waals surface area contributed by atoms with Crippen molar-refractivity contribution in [3.63, 3.8) is 0 Å². The third-order valence-electron chi connectivity index (χ3n) is 2.77. The first kappa shape index (κ1) is 14.8. The summed E-state index contributed by atoms with van der Waals surface area (Å²) in [5, 5.41) is 8.76. The number of aryl methyl sites for hydroxylation is 1. The molecule has 0 fully saturated rings. The number of aromatic nitrogens is 1. The average molecular weight is 291 g/mol. The van der Waals surface area contributed by atoms with Crippen LogP contribution in [-0.2, 0) is 6.61 Å². The molecule has 0 atom stereocenters. The molecule has 0 spiro atoms. The standard InChI is InChI=1S/C15H14FNO4/c1-9-5-12(20-2)7-11(17-9)8-21-14-4-3-10(15(18)19)6-13(14)16/h3-7H,8H2,1-2H3,(H,18,19). The van der Waals surface area contributed by atoms with E-state index in [1.54, 1.807) is 19.2 Å². The summed E-state index contributed by atoms with van der Waals surface area (Å²) in [6, 6.07) is 6.95. The first-order valence-corrected chi connectivity index (χ1v) is 6.17. The van der Waals surface area contributed by atoms with E-state index in [0.29, 0.717) is 11.4 Å². The number of carbonyl (C=O) groups is 1. The van der Waals surface area contributed by atoms with Crippen LogP contribution in [0.25, 0.3) is 0 Å². The zero-order chi connectivity index (χ0) is 15.4. The summed E-state index contributed by atoms with van der Waals surface area (Å²) in [6.45, 7) is 1.87. The highest BCUT2D eigenvalue weighted by Crippen LogP contribution is 2.20. The van der Waals surface area contributed by atoms with Gasteiger partial charge in [0.05, 0.1) is 18.4 Å². The summed E-state index contributed by atoms with van der Waals surface area (Å²) in [5.74, 6) is -1.30. The molecule has 0 aliphatic carbocycles. The van der Waals surface area contributed by atoms with Crippen molar-refractivity contribution >= 4 is 5.97 Å². The zero-order valence-electron chi connectivity index (χ0n) is 11.6. The molecule has 5 nitrogen and oxygen atoms in total. The molecule has 1 aromatic heterocycles. The topological polar surface area (TPSA) is 68.7 Å². The number of hydrogen-bond donors (Lipinski definition) is 1. The van der Waals surface area contributed by atoms with Crippen molar-refractivity contribution in [3.8, 4) is 11.5 Å². The van der Waals surface area contributed by atoms with Crippen LogP contribution in [-0.4, -0.2) is 23.2 Å². The minimum atomic E-state index is -1.19. The summed E-state index contributed by atoms with van der Waals surface area (Å²) in [6.07, 6.45) is 0. The molecule has 0 aliphatic heterocycles. The molecule has 0 aliphatic rings. The quantitative estimate of drug-likeness (QED) is 0.917. The van der Waals surface area contributed by atoms with Crippen molar-refractivity contribution in [1.82, 2.24) is 4.98 Å². The van der Waals surface area contributed by atoms with Crippen molar-refractivity contribution in [2.24, 2.45) is 0 Å². The van der Waals surface area contributed by atoms with E-state index in [-0.39, 0.29) is 17.9 Å². The number of carboxylic acids is 1. The molecule has 2 rings (SSSR count). The molecule has 1 N–H and O–H groups in total. The summed E-state index contributed by atoms with van der Waals surface area (Å²) in [5.41, 5.74) is 1.22. The second kappa shape index (κ2) is 6.21. The monoisotopic (exact) mass is 291 g/mol. The summed E-state index contributed by atoms with van der Waals surface area (Å²) in [4.78, 5) is 15.0. The molecule has 6 heteroatoms. The fourth-order valence-electron chi connectivity index (χ4n) is 1.80. The maximum Gasteiger partial charge on any atom is 0.335 e. The number of aromatic carboxylic acids is 1. The molecular weight excluding hydrogens is 277 g/mol. The Morgan fingerprint density at radius 2 is 2.10 bits per heavy atom. The van der Waals surface area contributed by atoms with Gasteiger partial charge >= 0.3 is 5.97 Å². The Labute approximate surface area is 121 Å². The molecule has 0 saturated heterocycles. The van der Waals surface area contributed by atoms with Gasteiger partial charge in [0.25, 0.3) is 0 Å². The van der Waals surface area contributed by atoms with Crippen molar-refractivity contribution in [1.29, 1.82) is 0 Å². The lowest BCUT2D eigenvalue weighted by atomic mass is 10.2. The van der Waals surface area contributed by atoms with Crippen molar-refractivity contribution in [3.05, 3.63) is 53.1 Å².